The molecule has 1 atom stereocenters. The van der Waals surface area contributed by atoms with Crippen molar-refractivity contribution in [3.8, 4) is 0 Å². The molecule has 1 rings (SSSR count). The first kappa shape index (κ1) is 12.7. The number of likely N-dealkylation sites (N-methyl/N-ethyl adjacent to an activating group) is 1. The summed E-state index contributed by atoms with van der Waals surface area (Å²) in [5, 5.41) is 9.50. The molecule has 0 radical (unpaired) electrons. The molecule has 1 aromatic rings. The third-order valence-electron chi connectivity index (χ3n) is 1.94. The van der Waals surface area contributed by atoms with Gasteiger partial charge in [0.1, 0.15) is 5.76 Å². The van der Waals surface area contributed by atoms with E-state index in [4.69, 9.17) is 9.15 Å². The van der Waals surface area contributed by atoms with E-state index < -0.39 is 6.10 Å². The van der Waals surface area contributed by atoms with E-state index in [2.05, 4.69) is 15.9 Å². The van der Waals surface area contributed by atoms with Crippen LogP contribution in [0.15, 0.2) is 21.2 Å². The molecule has 0 fully saturated rings. The number of hydrogen-bond acceptors (Lipinski definition) is 4. The standard InChI is InChI=1S/C10H16BrNO3/c1-12(5-8(13)7-14-2)6-9-3-4-10(11)15-9/h3-4,8,13H,5-7H2,1-2H3. The van der Waals surface area contributed by atoms with Gasteiger partial charge in [0.25, 0.3) is 0 Å². The first-order valence-electron chi connectivity index (χ1n) is 4.71. The van der Waals surface area contributed by atoms with Gasteiger partial charge in [0.2, 0.25) is 0 Å². The van der Waals surface area contributed by atoms with E-state index in [0.29, 0.717) is 19.7 Å². The molecule has 0 amide bonds. The maximum atomic E-state index is 9.50. The summed E-state index contributed by atoms with van der Waals surface area (Å²) in [4.78, 5) is 1.98. The van der Waals surface area contributed by atoms with Gasteiger partial charge in [0.15, 0.2) is 4.67 Å². The van der Waals surface area contributed by atoms with Crippen molar-refractivity contribution in [2.75, 3.05) is 27.3 Å². The maximum absolute atomic E-state index is 9.50. The SMILES string of the molecule is COCC(O)CN(C)Cc1ccc(Br)o1. The Balaban J connectivity index is 2.32. The van der Waals surface area contributed by atoms with E-state index >= 15 is 0 Å². The highest BCUT2D eigenvalue weighted by Gasteiger charge is 2.09. The molecule has 86 valence electrons. The smallest absolute Gasteiger partial charge is 0.169 e. The second-order valence-electron chi connectivity index (χ2n) is 3.51. The summed E-state index contributed by atoms with van der Waals surface area (Å²) in [6, 6.07) is 3.76. The fraction of sp³-hybridized carbons (Fsp3) is 0.600. The van der Waals surface area contributed by atoms with Crippen molar-refractivity contribution >= 4 is 15.9 Å². The third kappa shape index (κ3) is 4.79. The molecule has 15 heavy (non-hydrogen) atoms. The summed E-state index contributed by atoms with van der Waals surface area (Å²) < 4.78 is 10.9. The van der Waals surface area contributed by atoms with Crippen LogP contribution in [0.25, 0.3) is 0 Å². The van der Waals surface area contributed by atoms with Crippen LogP contribution in [0.4, 0.5) is 0 Å². The molecule has 0 aliphatic heterocycles. The van der Waals surface area contributed by atoms with Gasteiger partial charge in [-0.3, -0.25) is 4.90 Å². The van der Waals surface area contributed by atoms with Gasteiger partial charge in [-0.15, -0.1) is 0 Å². The number of hydrogen-bond donors (Lipinski definition) is 1. The zero-order valence-electron chi connectivity index (χ0n) is 8.94. The van der Waals surface area contributed by atoms with Crippen molar-refractivity contribution in [2.24, 2.45) is 0 Å². The van der Waals surface area contributed by atoms with Crippen molar-refractivity contribution in [3.05, 3.63) is 22.6 Å². The number of ether oxygens (including phenoxy) is 1. The Labute approximate surface area is 98.0 Å². The molecule has 4 nitrogen and oxygen atoms in total. The maximum Gasteiger partial charge on any atom is 0.169 e. The monoisotopic (exact) mass is 277 g/mol. The van der Waals surface area contributed by atoms with Crippen LogP contribution in [0.1, 0.15) is 5.76 Å². The molecule has 1 heterocycles. The zero-order valence-corrected chi connectivity index (χ0v) is 10.5. The van der Waals surface area contributed by atoms with Gasteiger partial charge in [-0.2, -0.15) is 0 Å². The molecule has 0 spiro atoms. The van der Waals surface area contributed by atoms with Crippen molar-refractivity contribution in [1.29, 1.82) is 0 Å². The molecule has 0 saturated heterocycles. The Morgan fingerprint density at radius 1 is 1.60 bits per heavy atom. The van der Waals surface area contributed by atoms with Gasteiger partial charge < -0.3 is 14.3 Å². The molecule has 1 N–H and O–H groups in total. The molecule has 0 aliphatic carbocycles. The van der Waals surface area contributed by atoms with Crippen LogP contribution in [0.2, 0.25) is 0 Å². The molecule has 1 unspecified atom stereocenters. The zero-order chi connectivity index (χ0) is 11.3. The van der Waals surface area contributed by atoms with E-state index in [-0.39, 0.29) is 0 Å². The van der Waals surface area contributed by atoms with Crippen LogP contribution < -0.4 is 0 Å². The first-order chi connectivity index (χ1) is 7.11. The predicted octanol–water partition coefficient (Wildman–Crippen LogP) is 1.48. The van der Waals surface area contributed by atoms with Gasteiger partial charge in [-0.25, -0.2) is 0 Å². The van der Waals surface area contributed by atoms with Crippen LogP contribution in [0.5, 0.6) is 0 Å². The number of furan rings is 1. The van der Waals surface area contributed by atoms with Gasteiger partial charge in [0.05, 0.1) is 19.3 Å². The average Bonchev–Trinajstić information content (AvgIpc) is 2.51. The van der Waals surface area contributed by atoms with Crippen molar-refractivity contribution in [2.45, 2.75) is 12.6 Å². The van der Waals surface area contributed by atoms with E-state index in [0.717, 1.165) is 10.4 Å². The molecule has 1 aromatic heterocycles. The van der Waals surface area contributed by atoms with Gasteiger partial charge in [0, 0.05) is 13.7 Å². The Morgan fingerprint density at radius 2 is 2.33 bits per heavy atom. The first-order valence-corrected chi connectivity index (χ1v) is 5.51. The summed E-state index contributed by atoms with van der Waals surface area (Å²) in [6.45, 7) is 1.59. The highest BCUT2D eigenvalue weighted by Crippen LogP contribution is 2.15. The second kappa shape index (κ2) is 6.27. The number of aliphatic hydroxyl groups excluding tert-OH is 1. The summed E-state index contributed by atoms with van der Waals surface area (Å²) in [7, 11) is 3.50. The van der Waals surface area contributed by atoms with E-state index in [1.165, 1.54) is 0 Å². The summed E-state index contributed by atoms with van der Waals surface area (Å²) in [6.07, 6.45) is -0.460. The Hall–Kier alpha value is -0.360. The number of methoxy groups -OCH3 is 1. The lowest BCUT2D eigenvalue weighted by Crippen LogP contribution is -2.31. The van der Waals surface area contributed by atoms with E-state index in [1.807, 2.05) is 24.1 Å². The minimum absolute atomic E-state index is 0.353. The number of aliphatic hydroxyl groups is 1. The Kier molecular flexibility index (Phi) is 5.31. The van der Waals surface area contributed by atoms with Crippen LogP contribution in [0, 0.1) is 0 Å². The predicted molar refractivity (Wildman–Crippen MR) is 60.6 cm³/mol. The van der Waals surface area contributed by atoms with Gasteiger partial charge in [-0.1, -0.05) is 0 Å². The summed E-state index contributed by atoms with van der Waals surface area (Å²) >= 11 is 3.24. The Bertz CT molecular complexity index is 290. The largest absolute Gasteiger partial charge is 0.453 e. The molecular formula is C10H16BrNO3. The van der Waals surface area contributed by atoms with Crippen LogP contribution in [-0.2, 0) is 11.3 Å². The lowest BCUT2D eigenvalue weighted by molar-refractivity contribution is 0.0406. The molecule has 0 bridgehead atoms. The number of halogens is 1. The van der Waals surface area contributed by atoms with Gasteiger partial charge in [-0.05, 0) is 35.1 Å². The van der Waals surface area contributed by atoms with Crippen molar-refractivity contribution < 1.29 is 14.3 Å². The normalized spacial score (nSPS) is 13.4. The third-order valence-corrected chi connectivity index (χ3v) is 2.36. The minimum Gasteiger partial charge on any atom is -0.453 e. The fourth-order valence-corrected chi connectivity index (χ4v) is 1.71. The fourth-order valence-electron chi connectivity index (χ4n) is 1.37. The van der Waals surface area contributed by atoms with Crippen LogP contribution >= 0.6 is 15.9 Å². The van der Waals surface area contributed by atoms with Crippen molar-refractivity contribution in [3.63, 3.8) is 0 Å². The number of rotatable bonds is 6. The Morgan fingerprint density at radius 3 is 2.87 bits per heavy atom. The van der Waals surface area contributed by atoms with E-state index in [9.17, 15) is 5.11 Å². The van der Waals surface area contributed by atoms with Gasteiger partial charge >= 0.3 is 0 Å². The molecule has 0 saturated carbocycles. The second-order valence-corrected chi connectivity index (χ2v) is 4.29. The van der Waals surface area contributed by atoms with E-state index in [1.54, 1.807) is 7.11 Å². The summed E-state index contributed by atoms with van der Waals surface area (Å²) in [5.41, 5.74) is 0. The van der Waals surface area contributed by atoms with Crippen molar-refractivity contribution in [1.82, 2.24) is 4.90 Å². The molecule has 5 heteroatoms. The quantitative estimate of drug-likeness (QED) is 0.856. The lowest BCUT2D eigenvalue weighted by atomic mass is 10.3. The lowest BCUT2D eigenvalue weighted by Gasteiger charge is -2.18. The molecule has 0 aliphatic rings. The van der Waals surface area contributed by atoms with Crippen LogP contribution in [-0.4, -0.2) is 43.4 Å². The highest BCUT2D eigenvalue weighted by atomic mass is 79.9. The average molecular weight is 278 g/mol. The molecular weight excluding hydrogens is 262 g/mol. The molecule has 0 aromatic carbocycles. The highest BCUT2D eigenvalue weighted by molar-refractivity contribution is 9.10. The minimum atomic E-state index is -0.460. The summed E-state index contributed by atoms with van der Waals surface area (Å²) in [5.74, 6) is 0.869. The number of nitrogens with zero attached hydrogens (tertiary/aromatic N) is 1. The topological polar surface area (TPSA) is 45.8 Å². The van der Waals surface area contributed by atoms with Crippen LogP contribution in [0.3, 0.4) is 0 Å².